The maximum Gasteiger partial charge on any atom is 0.472 e. The van der Waals surface area contributed by atoms with E-state index in [1.54, 1.807) is 0 Å². The molecule has 2 unspecified atom stereocenters. The predicted octanol–water partition coefficient (Wildman–Crippen LogP) is 18.3. The Morgan fingerprint density at radius 1 is 0.437 bits per heavy atom. The second-order valence-corrected chi connectivity index (χ2v) is 20.6. The number of ether oxygens (including phenoxy) is 2. The third-order valence-corrected chi connectivity index (χ3v) is 13.2. The Bertz CT molecular complexity index is 1440. The third-order valence-electron chi connectivity index (χ3n) is 12.3. The summed E-state index contributed by atoms with van der Waals surface area (Å²) in [6.45, 7) is 3.64. The van der Waals surface area contributed by atoms with E-state index in [1.807, 2.05) is 0 Å². The zero-order valence-corrected chi connectivity index (χ0v) is 46.6. The van der Waals surface area contributed by atoms with Gasteiger partial charge in [0.1, 0.15) is 6.61 Å². The van der Waals surface area contributed by atoms with Crippen LogP contribution in [0, 0.1) is 0 Å². The highest BCUT2D eigenvalue weighted by atomic mass is 31.2. The topological polar surface area (TPSA) is 134 Å². The molecular weight excluding hydrogens is 906 g/mol. The fourth-order valence-corrected chi connectivity index (χ4v) is 8.75. The van der Waals surface area contributed by atoms with Crippen molar-refractivity contribution in [2.45, 2.75) is 264 Å². The SMILES string of the molecule is CC/C=C\C/C=C\C/C=C\C/C=C\C/C=C\C/C=C\CCCCCCCCCCC(=O)OC(COC(=O)CCCCCCCCCCCCC/C=C\CCCCCCCCCC)COP(=O)(O)OCCN. The van der Waals surface area contributed by atoms with Crippen molar-refractivity contribution in [3.05, 3.63) is 85.1 Å². The van der Waals surface area contributed by atoms with Gasteiger partial charge in [-0.2, -0.15) is 0 Å². The first-order chi connectivity index (χ1) is 34.8. The minimum atomic E-state index is -4.39. The van der Waals surface area contributed by atoms with Crippen molar-refractivity contribution >= 4 is 19.8 Å². The lowest BCUT2D eigenvalue weighted by Crippen LogP contribution is -2.29. The molecule has 10 heteroatoms. The van der Waals surface area contributed by atoms with Crippen molar-refractivity contribution in [3.63, 3.8) is 0 Å². The van der Waals surface area contributed by atoms with Gasteiger partial charge in [0.15, 0.2) is 6.10 Å². The largest absolute Gasteiger partial charge is 0.472 e. The average Bonchev–Trinajstić information content (AvgIpc) is 3.36. The van der Waals surface area contributed by atoms with Gasteiger partial charge in [-0.1, -0.05) is 240 Å². The molecule has 0 saturated carbocycles. The second kappa shape index (κ2) is 56.5. The van der Waals surface area contributed by atoms with E-state index in [0.29, 0.717) is 6.42 Å². The van der Waals surface area contributed by atoms with Gasteiger partial charge in [0.2, 0.25) is 0 Å². The monoisotopic (exact) mass is 1010 g/mol. The number of phosphoric acid groups is 1. The average molecular weight is 1010 g/mol. The van der Waals surface area contributed by atoms with Gasteiger partial charge in [0, 0.05) is 19.4 Å². The molecule has 0 aromatic heterocycles. The van der Waals surface area contributed by atoms with Crippen LogP contribution in [0.25, 0.3) is 0 Å². The molecule has 0 bridgehead atoms. The van der Waals surface area contributed by atoms with Gasteiger partial charge >= 0.3 is 19.8 Å². The van der Waals surface area contributed by atoms with E-state index in [1.165, 1.54) is 141 Å². The van der Waals surface area contributed by atoms with Crippen LogP contribution in [0.2, 0.25) is 0 Å². The smallest absolute Gasteiger partial charge is 0.462 e. The Morgan fingerprint density at radius 3 is 1.17 bits per heavy atom. The van der Waals surface area contributed by atoms with Gasteiger partial charge in [0.25, 0.3) is 0 Å². The van der Waals surface area contributed by atoms with Gasteiger partial charge < -0.3 is 20.1 Å². The zero-order chi connectivity index (χ0) is 51.7. The van der Waals surface area contributed by atoms with Gasteiger partial charge in [-0.3, -0.25) is 18.6 Å². The Hall–Kier alpha value is -2.81. The first-order valence-corrected chi connectivity index (χ1v) is 30.6. The second-order valence-electron chi connectivity index (χ2n) is 19.1. The summed E-state index contributed by atoms with van der Waals surface area (Å²) in [7, 11) is -4.39. The number of allylic oxidation sites excluding steroid dienone is 14. The Balaban J connectivity index is 4.02. The Morgan fingerprint density at radius 2 is 0.775 bits per heavy atom. The molecule has 0 heterocycles. The summed E-state index contributed by atoms with van der Waals surface area (Å²) in [6.07, 6.45) is 73.4. The molecule has 3 N–H and O–H groups in total. The third kappa shape index (κ3) is 56.3. The first kappa shape index (κ1) is 68.2. The van der Waals surface area contributed by atoms with Crippen molar-refractivity contribution in [1.82, 2.24) is 0 Å². The molecule has 0 aromatic carbocycles. The molecule has 0 radical (unpaired) electrons. The summed E-state index contributed by atoms with van der Waals surface area (Å²) < 4.78 is 33.0. The maximum atomic E-state index is 12.7. The number of esters is 2. The summed E-state index contributed by atoms with van der Waals surface area (Å²) >= 11 is 0. The van der Waals surface area contributed by atoms with Gasteiger partial charge in [-0.25, -0.2) is 4.57 Å². The number of hydrogen-bond donors (Lipinski definition) is 2. The fourth-order valence-electron chi connectivity index (χ4n) is 7.99. The highest BCUT2D eigenvalue weighted by Gasteiger charge is 2.26. The summed E-state index contributed by atoms with van der Waals surface area (Å²) in [5, 5.41) is 0. The molecule has 0 aliphatic rings. The zero-order valence-electron chi connectivity index (χ0n) is 45.7. The predicted molar refractivity (Wildman–Crippen MR) is 302 cm³/mol. The van der Waals surface area contributed by atoms with Crippen LogP contribution in [-0.4, -0.2) is 49.3 Å². The van der Waals surface area contributed by atoms with E-state index in [2.05, 4.69) is 98.9 Å². The van der Waals surface area contributed by atoms with Crippen molar-refractivity contribution in [3.8, 4) is 0 Å². The van der Waals surface area contributed by atoms with E-state index in [0.717, 1.165) is 83.5 Å². The molecular formula is C61H108NO8P. The molecule has 0 aromatic rings. The summed E-state index contributed by atoms with van der Waals surface area (Å²) in [4.78, 5) is 35.2. The molecule has 2 atom stereocenters. The first-order valence-electron chi connectivity index (χ1n) is 29.1. The van der Waals surface area contributed by atoms with E-state index >= 15 is 0 Å². The van der Waals surface area contributed by atoms with Crippen molar-refractivity contribution in [2.75, 3.05) is 26.4 Å². The number of carbonyl (C=O) groups excluding carboxylic acids is 2. The quantitative estimate of drug-likeness (QED) is 0.0264. The standard InChI is InChI=1S/C61H108NO8P/c1-3-5-7-9-11-13-15-17-19-21-23-25-27-28-29-30-32-34-36-38-40-42-44-46-48-50-52-54-61(64)70-59(58-69-71(65,66)68-56-55-62)57-67-60(63)53-51-49-47-45-43-41-39-37-35-33-31-26-24-22-20-18-16-14-12-10-8-6-4-2/h5,7,11,13,17,19,22-25,28-29,32,34,59H,3-4,6,8-10,12,14-16,18,20-21,26-27,30-31,33,35-58,62H2,1-2H3,(H,65,66)/b7-5-,13-11-,19-17-,24-22-,25-23-,29-28-,34-32-. The Labute approximate surface area is 436 Å². The molecule has 0 spiro atoms. The number of rotatable bonds is 54. The highest BCUT2D eigenvalue weighted by Crippen LogP contribution is 2.43. The van der Waals surface area contributed by atoms with E-state index in [-0.39, 0.29) is 38.6 Å². The fraction of sp³-hybridized carbons (Fsp3) is 0.738. The van der Waals surface area contributed by atoms with Crippen LogP contribution >= 0.6 is 7.82 Å². The van der Waals surface area contributed by atoms with Crippen LogP contribution < -0.4 is 5.73 Å². The van der Waals surface area contributed by atoms with Crippen LogP contribution in [0.3, 0.4) is 0 Å². The lowest BCUT2D eigenvalue weighted by atomic mass is 10.0. The normalized spacial score (nSPS) is 13.7. The van der Waals surface area contributed by atoms with Gasteiger partial charge in [-0.05, 0) is 89.9 Å². The lowest BCUT2D eigenvalue weighted by Gasteiger charge is -2.19. The summed E-state index contributed by atoms with van der Waals surface area (Å²) in [5.74, 6) is -0.836. The van der Waals surface area contributed by atoms with Gasteiger partial charge in [-0.15, -0.1) is 0 Å². The maximum absolute atomic E-state index is 12.7. The minimum absolute atomic E-state index is 0.0485. The van der Waals surface area contributed by atoms with Crippen LogP contribution in [0.1, 0.15) is 258 Å². The molecule has 410 valence electrons. The van der Waals surface area contributed by atoms with Crippen molar-refractivity contribution in [1.29, 1.82) is 0 Å². The molecule has 0 amide bonds. The van der Waals surface area contributed by atoms with Crippen molar-refractivity contribution in [2.24, 2.45) is 5.73 Å². The van der Waals surface area contributed by atoms with E-state index in [4.69, 9.17) is 24.3 Å². The Kier molecular flexibility index (Phi) is 54.2. The number of hydrogen-bond acceptors (Lipinski definition) is 8. The van der Waals surface area contributed by atoms with Crippen molar-refractivity contribution < 1.29 is 37.6 Å². The van der Waals surface area contributed by atoms with Crippen LogP contribution in [0.15, 0.2) is 85.1 Å². The summed E-state index contributed by atoms with van der Waals surface area (Å²) in [6, 6.07) is 0. The van der Waals surface area contributed by atoms with E-state index < -0.39 is 26.5 Å². The molecule has 0 fully saturated rings. The van der Waals surface area contributed by atoms with Crippen LogP contribution in [0.5, 0.6) is 0 Å². The number of nitrogens with two attached hydrogens (primary N) is 1. The van der Waals surface area contributed by atoms with E-state index in [9.17, 15) is 19.0 Å². The molecule has 0 saturated heterocycles. The van der Waals surface area contributed by atoms with Gasteiger partial charge in [0.05, 0.1) is 13.2 Å². The minimum Gasteiger partial charge on any atom is -0.462 e. The van der Waals surface area contributed by atoms with Crippen LogP contribution in [-0.2, 0) is 32.7 Å². The number of phosphoric ester groups is 1. The molecule has 0 aliphatic heterocycles. The van der Waals surface area contributed by atoms with Crippen LogP contribution in [0.4, 0.5) is 0 Å². The number of unbranched alkanes of at least 4 members (excludes halogenated alkanes) is 27. The molecule has 0 rings (SSSR count). The lowest BCUT2D eigenvalue weighted by molar-refractivity contribution is -0.161. The highest BCUT2D eigenvalue weighted by molar-refractivity contribution is 7.47. The summed E-state index contributed by atoms with van der Waals surface area (Å²) in [5.41, 5.74) is 5.38. The molecule has 9 nitrogen and oxygen atoms in total. The molecule has 71 heavy (non-hydrogen) atoms. The molecule has 0 aliphatic carbocycles. The number of carbonyl (C=O) groups is 2.